The minimum Gasteiger partial charge on any atom is -0.381 e. The highest BCUT2D eigenvalue weighted by Crippen LogP contribution is 2.31. The third-order valence-corrected chi connectivity index (χ3v) is 5.69. The zero-order valence-electron chi connectivity index (χ0n) is 11.0. The Balaban J connectivity index is 2.06. The van der Waals surface area contributed by atoms with Crippen LogP contribution in [-0.2, 0) is 11.3 Å². The lowest BCUT2D eigenvalue weighted by molar-refractivity contribution is 0.0610. The van der Waals surface area contributed by atoms with Crippen LogP contribution in [0.1, 0.15) is 18.9 Å². The molecule has 1 aliphatic rings. The van der Waals surface area contributed by atoms with Crippen LogP contribution in [0.2, 0.25) is 0 Å². The fourth-order valence-corrected chi connectivity index (χ4v) is 3.74. The van der Waals surface area contributed by atoms with Gasteiger partial charge in [-0.05, 0) is 53.3 Å². The van der Waals surface area contributed by atoms with Gasteiger partial charge in [-0.15, -0.1) is 11.3 Å². The Morgan fingerprint density at radius 2 is 2.44 bits per heavy atom. The number of thiophene rings is 1. The van der Waals surface area contributed by atoms with Crippen molar-refractivity contribution in [2.75, 3.05) is 26.8 Å². The van der Waals surface area contributed by atoms with Gasteiger partial charge in [-0.2, -0.15) is 0 Å². The molecular weight excluding hydrogens is 312 g/mol. The zero-order chi connectivity index (χ0) is 13.2. The van der Waals surface area contributed by atoms with Gasteiger partial charge in [-0.3, -0.25) is 4.90 Å². The molecule has 1 aliphatic heterocycles. The van der Waals surface area contributed by atoms with Crippen molar-refractivity contribution >= 4 is 27.3 Å². The van der Waals surface area contributed by atoms with E-state index >= 15 is 0 Å². The van der Waals surface area contributed by atoms with Crippen LogP contribution in [0.15, 0.2) is 15.2 Å². The Hall–Kier alpha value is 0.0600. The molecule has 0 saturated carbocycles. The second-order valence-electron chi connectivity index (χ2n) is 5.24. The van der Waals surface area contributed by atoms with Gasteiger partial charge in [-0.1, -0.05) is 0 Å². The van der Waals surface area contributed by atoms with Crippen LogP contribution in [-0.4, -0.2) is 37.2 Å². The van der Waals surface area contributed by atoms with Gasteiger partial charge >= 0.3 is 0 Å². The summed E-state index contributed by atoms with van der Waals surface area (Å²) < 4.78 is 6.71. The molecule has 0 spiro atoms. The molecule has 0 radical (unpaired) electrons. The van der Waals surface area contributed by atoms with Gasteiger partial charge in [0.25, 0.3) is 0 Å². The first-order valence-electron chi connectivity index (χ1n) is 6.28. The molecule has 2 heterocycles. The summed E-state index contributed by atoms with van der Waals surface area (Å²) in [6, 6.07) is 2.18. The van der Waals surface area contributed by atoms with E-state index in [0.29, 0.717) is 12.5 Å². The molecule has 0 aliphatic carbocycles. The van der Waals surface area contributed by atoms with E-state index in [0.717, 1.165) is 26.2 Å². The molecule has 3 nitrogen and oxygen atoms in total. The standard InChI is InChI=1S/C13H21BrN2OS/c1-13(9-15,11-3-4-17-7-11)16(2)6-10-5-12(14)18-8-10/h5,8,11H,3-4,6-7,9,15H2,1-2H3. The summed E-state index contributed by atoms with van der Waals surface area (Å²) in [5.41, 5.74) is 7.40. The Morgan fingerprint density at radius 1 is 1.67 bits per heavy atom. The van der Waals surface area contributed by atoms with Crippen molar-refractivity contribution in [1.82, 2.24) is 4.90 Å². The van der Waals surface area contributed by atoms with Crippen molar-refractivity contribution in [2.45, 2.75) is 25.4 Å². The van der Waals surface area contributed by atoms with Crippen LogP contribution >= 0.6 is 27.3 Å². The van der Waals surface area contributed by atoms with Gasteiger partial charge in [0.05, 0.1) is 10.4 Å². The predicted molar refractivity (Wildman–Crippen MR) is 79.9 cm³/mol. The molecular formula is C13H21BrN2OS. The molecule has 1 fully saturated rings. The largest absolute Gasteiger partial charge is 0.381 e. The van der Waals surface area contributed by atoms with Gasteiger partial charge in [0.15, 0.2) is 0 Å². The molecule has 1 aromatic rings. The summed E-state index contributed by atoms with van der Waals surface area (Å²) in [5.74, 6) is 0.537. The van der Waals surface area contributed by atoms with Crippen molar-refractivity contribution in [3.05, 3.63) is 20.8 Å². The van der Waals surface area contributed by atoms with Crippen LogP contribution in [0.4, 0.5) is 0 Å². The van der Waals surface area contributed by atoms with E-state index in [1.807, 2.05) is 0 Å². The van der Waals surface area contributed by atoms with E-state index in [1.165, 1.54) is 9.35 Å². The van der Waals surface area contributed by atoms with Gasteiger partial charge in [0.1, 0.15) is 0 Å². The summed E-state index contributed by atoms with van der Waals surface area (Å²) in [6.45, 7) is 5.58. The average Bonchev–Trinajstić information content (AvgIpc) is 2.99. The fraction of sp³-hybridized carbons (Fsp3) is 0.692. The van der Waals surface area contributed by atoms with Gasteiger partial charge in [0, 0.05) is 31.2 Å². The first-order valence-corrected chi connectivity index (χ1v) is 7.95. The van der Waals surface area contributed by atoms with Crippen molar-refractivity contribution in [3.8, 4) is 0 Å². The Kier molecular flexibility index (Phi) is 4.83. The van der Waals surface area contributed by atoms with E-state index in [2.05, 4.69) is 46.2 Å². The number of rotatable bonds is 5. The van der Waals surface area contributed by atoms with Crippen LogP contribution in [0.5, 0.6) is 0 Å². The molecule has 0 amide bonds. The molecule has 18 heavy (non-hydrogen) atoms. The normalized spacial score (nSPS) is 23.5. The molecule has 1 saturated heterocycles. The quantitative estimate of drug-likeness (QED) is 0.900. The Morgan fingerprint density at radius 3 is 2.94 bits per heavy atom. The smallest absolute Gasteiger partial charge is 0.0701 e. The van der Waals surface area contributed by atoms with Crippen molar-refractivity contribution in [2.24, 2.45) is 11.7 Å². The summed E-state index contributed by atoms with van der Waals surface area (Å²) >= 11 is 5.24. The number of ether oxygens (including phenoxy) is 1. The lowest BCUT2D eigenvalue weighted by Crippen LogP contribution is -2.54. The van der Waals surface area contributed by atoms with Crippen molar-refractivity contribution < 1.29 is 4.74 Å². The van der Waals surface area contributed by atoms with Crippen LogP contribution in [0.25, 0.3) is 0 Å². The molecule has 2 rings (SSSR count). The second-order valence-corrected chi connectivity index (χ2v) is 7.53. The first-order chi connectivity index (χ1) is 8.56. The maximum atomic E-state index is 6.04. The van der Waals surface area contributed by atoms with Crippen molar-refractivity contribution in [1.29, 1.82) is 0 Å². The van der Waals surface area contributed by atoms with Crippen molar-refractivity contribution in [3.63, 3.8) is 0 Å². The summed E-state index contributed by atoms with van der Waals surface area (Å²) in [7, 11) is 2.16. The third kappa shape index (κ3) is 2.96. The maximum Gasteiger partial charge on any atom is 0.0701 e. The van der Waals surface area contributed by atoms with Crippen LogP contribution < -0.4 is 5.73 Å². The number of nitrogens with two attached hydrogens (primary N) is 1. The van der Waals surface area contributed by atoms with Gasteiger partial charge in [-0.25, -0.2) is 0 Å². The van der Waals surface area contributed by atoms with E-state index < -0.39 is 0 Å². The molecule has 0 aromatic carbocycles. The predicted octanol–water partition coefficient (Wildman–Crippen LogP) is 2.70. The van der Waals surface area contributed by atoms with Gasteiger partial charge < -0.3 is 10.5 Å². The highest BCUT2D eigenvalue weighted by atomic mass is 79.9. The first kappa shape index (κ1) is 14.5. The van der Waals surface area contributed by atoms with E-state index in [1.54, 1.807) is 11.3 Å². The third-order valence-electron chi connectivity index (χ3n) is 4.14. The number of halogens is 1. The Bertz CT molecular complexity index is 392. The topological polar surface area (TPSA) is 38.5 Å². The summed E-state index contributed by atoms with van der Waals surface area (Å²) in [4.78, 5) is 2.38. The number of nitrogens with zero attached hydrogens (tertiary/aromatic N) is 1. The highest BCUT2D eigenvalue weighted by Gasteiger charge is 2.38. The zero-order valence-corrected chi connectivity index (χ0v) is 13.4. The second kappa shape index (κ2) is 6.01. The minimum absolute atomic E-state index is 0.0188. The van der Waals surface area contributed by atoms with Crippen LogP contribution in [0.3, 0.4) is 0 Å². The molecule has 102 valence electrons. The average molecular weight is 333 g/mol. The number of hydrogen-bond acceptors (Lipinski definition) is 4. The van der Waals surface area contributed by atoms with E-state index in [4.69, 9.17) is 10.5 Å². The minimum atomic E-state index is 0.0188. The SMILES string of the molecule is CN(Cc1csc(Br)c1)C(C)(CN)C1CCOC1. The summed E-state index contributed by atoms with van der Waals surface area (Å²) in [5, 5.41) is 2.20. The molecule has 2 atom stereocenters. The monoisotopic (exact) mass is 332 g/mol. The van der Waals surface area contributed by atoms with Crippen LogP contribution in [0, 0.1) is 5.92 Å². The molecule has 0 bridgehead atoms. The number of likely N-dealkylation sites (N-methyl/N-ethyl adjacent to an activating group) is 1. The molecule has 5 heteroatoms. The molecule has 2 N–H and O–H groups in total. The fourth-order valence-electron chi connectivity index (χ4n) is 2.54. The lowest BCUT2D eigenvalue weighted by atomic mass is 9.83. The number of hydrogen-bond donors (Lipinski definition) is 1. The molecule has 2 unspecified atom stereocenters. The van der Waals surface area contributed by atoms with E-state index in [9.17, 15) is 0 Å². The maximum absolute atomic E-state index is 6.04. The summed E-state index contributed by atoms with van der Waals surface area (Å²) in [6.07, 6.45) is 1.12. The molecule has 1 aromatic heterocycles. The van der Waals surface area contributed by atoms with Gasteiger partial charge in [0.2, 0.25) is 0 Å². The lowest BCUT2D eigenvalue weighted by Gasteiger charge is -2.42. The Labute approximate surface area is 121 Å². The highest BCUT2D eigenvalue weighted by molar-refractivity contribution is 9.11. The van der Waals surface area contributed by atoms with E-state index in [-0.39, 0.29) is 5.54 Å².